The summed E-state index contributed by atoms with van der Waals surface area (Å²) in [6, 6.07) is 8.68. The topological polar surface area (TPSA) is 106 Å². The van der Waals surface area contributed by atoms with Crippen LogP contribution in [0.3, 0.4) is 0 Å². The molecular formula is C17H19N3O4. The Morgan fingerprint density at radius 1 is 1.29 bits per heavy atom. The van der Waals surface area contributed by atoms with Gasteiger partial charge in [0.15, 0.2) is 0 Å². The number of nitrogens with one attached hydrogen (secondary N) is 2. The number of carbonyl (C=O) groups excluding carboxylic acids is 1. The lowest BCUT2D eigenvalue weighted by Gasteiger charge is -2.25. The van der Waals surface area contributed by atoms with Crippen molar-refractivity contribution in [1.29, 1.82) is 0 Å². The minimum absolute atomic E-state index is 0.120. The van der Waals surface area contributed by atoms with Crippen LogP contribution in [0.15, 0.2) is 39.9 Å². The van der Waals surface area contributed by atoms with E-state index >= 15 is 0 Å². The van der Waals surface area contributed by atoms with Crippen LogP contribution >= 0.6 is 0 Å². The molecule has 0 spiro atoms. The van der Waals surface area contributed by atoms with E-state index in [-0.39, 0.29) is 24.4 Å². The maximum Gasteiger partial charge on any atom is 0.266 e. The SMILES string of the molecule is Cc1ccccc1[C@@]1(O)CCN(C(=O)Cc2cc(=O)[nH][nH]c2=O)C1. The van der Waals surface area contributed by atoms with Crippen LogP contribution in [0.5, 0.6) is 0 Å². The highest BCUT2D eigenvalue weighted by molar-refractivity contribution is 5.79. The first kappa shape index (κ1) is 16.2. The van der Waals surface area contributed by atoms with E-state index in [4.69, 9.17) is 0 Å². The number of nitrogens with zero attached hydrogens (tertiary/aromatic N) is 1. The second-order valence-electron chi connectivity index (χ2n) is 6.20. The molecule has 24 heavy (non-hydrogen) atoms. The van der Waals surface area contributed by atoms with Crippen molar-refractivity contribution in [2.45, 2.75) is 25.4 Å². The second kappa shape index (κ2) is 6.09. The third-order valence-electron chi connectivity index (χ3n) is 4.48. The molecule has 1 atom stereocenters. The van der Waals surface area contributed by atoms with E-state index in [9.17, 15) is 19.5 Å². The lowest BCUT2D eigenvalue weighted by Crippen LogP contribution is -2.36. The van der Waals surface area contributed by atoms with Crippen LogP contribution in [0.1, 0.15) is 23.1 Å². The normalized spacial score (nSPS) is 20.3. The largest absolute Gasteiger partial charge is 0.383 e. The number of amides is 1. The minimum Gasteiger partial charge on any atom is -0.383 e. The quantitative estimate of drug-likeness (QED) is 0.739. The lowest BCUT2D eigenvalue weighted by atomic mass is 9.89. The first-order chi connectivity index (χ1) is 11.4. The second-order valence-corrected chi connectivity index (χ2v) is 6.20. The Balaban J connectivity index is 1.77. The van der Waals surface area contributed by atoms with Gasteiger partial charge < -0.3 is 10.0 Å². The molecule has 3 N–H and O–H groups in total. The zero-order valence-corrected chi connectivity index (χ0v) is 13.3. The third kappa shape index (κ3) is 3.03. The first-order valence-corrected chi connectivity index (χ1v) is 7.76. The summed E-state index contributed by atoms with van der Waals surface area (Å²) in [5.74, 6) is -0.282. The van der Waals surface area contributed by atoms with Gasteiger partial charge in [0.05, 0.1) is 13.0 Å². The fourth-order valence-corrected chi connectivity index (χ4v) is 3.19. The van der Waals surface area contributed by atoms with Gasteiger partial charge in [-0.05, 0) is 24.5 Å². The van der Waals surface area contributed by atoms with Crippen molar-refractivity contribution in [3.63, 3.8) is 0 Å². The van der Waals surface area contributed by atoms with E-state index in [2.05, 4.69) is 10.2 Å². The fourth-order valence-electron chi connectivity index (χ4n) is 3.19. The van der Waals surface area contributed by atoms with E-state index in [0.29, 0.717) is 13.0 Å². The van der Waals surface area contributed by atoms with Crippen molar-refractivity contribution in [3.8, 4) is 0 Å². The summed E-state index contributed by atoms with van der Waals surface area (Å²) in [5.41, 5.74) is -0.127. The summed E-state index contributed by atoms with van der Waals surface area (Å²) in [6.07, 6.45) is 0.276. The number of hydrogen-bond donors (Lipinski definition) is 3. The number of β-amino-alcohol motifs (C(OH)–C–C–N with tert-alkyl or cyclic N) is 1. The number of aliphatic hydroxyl groups is 1. The molecule has 1 aromatic carbocycles. The Kier molecular flexibility index (Phi) is 4.11. The van der Waals surface area contributed by atoms with Crippen molar-refractivity contribution >= 4 is 5.91 Å². The lowest BCUT2D eigenvalue weighted by molar-refractivity contribution is -0.130. The average Bonchev–Trinajstić information content (AvgIpc) is 2.95. The van der Waals surface area contributed by atoms with E-state index in [1.54, 1.807) is 0 Å². The molecular weight excluding hydrogens is 310 g/mol. The highest BCUT2D eigenvalue weighted by Gasteiger charge is 2.40. The number of rotatable bonds is 3. The molecule has 0 radical (unpaired) electrons. The molecule has 3 rings (SSSR count). The number of likely N-dealkylation sites (tertiary alicyclic amines) is 1. The molecule has 7 heteroatoms. The smallest absolute Gasteiger partial charge is 0.266 e. The highest BCUT2D eigenvalue weighted by Crippen LogP contribution is 2.33. The van der Waals surface area contributed by atoms with Crippen molar-refractivity contribution in [3.05, 3.63) is 67.7 Å². The summed E-state index contributed by atoms with van der Waals surface area (Å²) in [5, 5.41) is 15.3. The van der Waals surface area contributed by atoms with E-state index in [1.807, 2.05) is 31.2 Å². The number of carbonyl (C=O) groups is 1. The molecule has 1 aliphatic heterocycles. The molecule has 0 saturated carbocycles. The summed E-state index contributed by atoms with van der Waals surface area (Å²) in [6.45, 7) is 2.51. The minimum atomic E-state index is -1.08. The van der Waals surface area contributed by atoms with Gasteiger partial charge in [-0.3, -0.25) is 24.6 Å². The molecule has 0 aliphatic carbocycles. The predicted molar refractivity (Wildman–Crippen MR) is 87.7 cm³/mol. The van der Waals surface area contributed by atoms with Gasteiger partial charge in [-0.2, -0.15) is 0 Å². The van der Waals surface area contributed by atoms with Gasteiger partial charge in [-0.1, -0.05) is 24.3 Å². The number of aromatic amines is 2. The van der Waals surface area contributed by atoms with E-state index in [0.717, 1.165) is 17.2 Å². The molecule has 1 fully saturated rings. The van der Waals surface area contributed by atoms with Gasteiger partial charge >= 0.3 is 0 Å². The average molecular weight is 329 g/mol. The predicted octanol–water partition coefficient (Wildman–Crippen LogP) is 0.0342. The Labute approximate surface area is 137 Å². The summed E-state index contributed by atoms with van der Waals surface area (Å²) in [7, 11) is 0. The van der Waals surface area contributed by atoms with Crippen LogP contribution in [0.25, 0.3) is 0 Å². The standard InChI is InChI=1S/C17H19N3O4/c1-11-4-2-3-5-13(11)17(24)6-7-20(10-17)15(22)9-12-8-14(21)18-19-16(12)23/h2-5,8,24H,6-7,9-10H2,1H3,(H,18,21)(H,19,23)/t17-/m1/s1. The molecule has 2 heterocycles. The summed E-state index contributed by atoms with van der Waals surface area (Å²) < 4.78 is 0. The van der Waals surface area contributed by atoms with Crippen LogP contribution in [0.2, 0.25) is 0 Å². The number of H-pyrrole nitrogens is 2. The van der Waals surface area contributed by atoms with E-state index < -0.39 is 16.7 Å². The number of aromatic nitrogens is 2. The maximum absolute atomic E-state index is 12.4. The molecule has 2 aromatic rings. The van der Waals surface area contributed by atoms with Crippen LogP contribution in [0.4, 0.5) is 0 Å². The van der Waals surface area contributed by atoms with Crippen molar-refractivity contribution in [2.75, 3.05) is 13.1 Å². The molecule has 7 nitrogen and oxygen atoms in total. The fraction of sp³-hybridized carbons (Fsp3) is 0.353. The van der Waals surface area contributed by atoms with Gasteiger partial charge in [0.2, 0.25) is 5.91 Å². The van der Waals surface area contributed by atoms with Crippen LogP contribution in [-0.4, -0.2) is 39.2 Å². The van der Waals surface area contributed by atoms with Crippen LogP contribution in [0, 0.1) is 6.92 Å². The molecule has 1 amide bonds. The summed E-state index contributed by atoms with van der Waals surface area (Å²) in [4.78, 5) is 36.9. The highest BCUT2D eigenvalue weighted by atomic mass is 16.3. The molecule has 1 aromatic heterocycles. The Bertz CT molecular complexity index is 886. The monoisotopic (exact) mass is 329 g/mol. The van der Waals surface area contributed by atoms with Gasteiger partial charge in [0.25, 0.3) is 11.1 Å². The third-order valence-corrected chi connectivity index (χ3v) is 4.48. The van der Waals surface area contributed by atoms with Crippen molar-refractivity contribution < 1.29 is 9.90 Å². The Morgan fingerprint density at radius 2 is 2.04 bits per heavy atom. The maximum atomic E-state index is 12.4. The summed E-state index contributed by atoms with van der Waals surface area (Å²) >= 11 is 0. The van der Waals surface area contributed by atoms with Gasteiger partial charge in [0, 0.05) is 18.2 Å². The van der Waals surface area contributed by atoms with Gasteiger partial charge in [0.1, 0.15) is 5.60 Å². The van der Waals surface area contributed by atoms with Crippen molar-refractivity contribution in [2.24, 2.45) is 0 Å². The zero-order valence-electron chi connectivity index (χ0n) is 13.3. The number of aryl methyl sites for hydroxylation is 1. The van der Waals surface area contributed by atoms with Crippen molar-refractivity contribution in [1.82, 2.24) is 15.1 Å². The van der Waals surface area contributed by atoms with Crippen LogP contribution in [-0.2, 0) is 16.8 Å². The molecule has 0 bridgehead atoms. The zero-order chi connectivity index (χ0) is 17.3. The molecule has 1 aliphatic rings. The van der Waals surface area contributed by atoms with E-state index in [1.165, 1.54) is 4.90 Å². The molecule has 0 unspecified atom stereocenters. The van der Waals surface area contributed by atoms with Gasteiger partial charge in [-0.25, -0.2) is 0 Å². The first-order valence-electron chi connectivity index (χ1n) is 7.76. The number of benzene rings is 1. The number of hydrogen-bond acceptors (Lipinski definition) is 4. The molecule has 1 saturated heterocycles. The Morgan fingerprint density at radius 3 is 2.79 bits per heavy atom. The van der Waals surface area contributed by atoms with Crippen LogP contribution < -0.4 is 11.1 Å². The molecule has 126 valence electrons. The Hall–Kier alpha value is -2.67. The van der Waals surface area contributed by atoms with Gasteiger partial charge in [-0.15, -0.1) is 0 Å².